The van der Waals surface area contributed by atoms with Gasteiger partial charge in [-0.15, -0.1) is 0 Å². The number of benzene rings is 2. The number of aryl methyl sites for hydroxylation is 1. The highest BCUT2D eigenvalue weighted by molar-refractivity contribution is 6.35. The van der Waals surface area contributed by atoms with Crippen LogP contribution in [0, 0.1) is 12.3 Å². The lowest BCUT2D eigenvalue weighted by Crippen LogP contribution is -2.14. The van der Waals surface area contributed by atoms with E-state index < -0.39 is 0 Å². The number of nitrogens with one attached hydrogen (secondary N) is 1. The minimum Gasteiger partial charge on any atom is -0.384 e. The molecule has 0 spiro atoms. The minimum atomic E-state index is 0.200. The van der Waals surface area contributed by atoms with Gasteiger partial charge in [0.15, 0.2) is 0 Å². The van der Waals surface area contributed by atoms with Gasteiger partial charge in [0.1, 0.15) is 29.3 Å². The molecule has 0 unspecified atom stereocenters. The first kappa shape index (κ1) is 20.6. The molecule has 3 heterocycles. The number of aliphatic imine (C=N–C) groups is 1. The van der Waals surface area contributed by atoms with E-state index in [1.807, 2.05) is 54.0 Å². The number of amidine groups is 1. The number of imidazole rings is 1. The summed E-state index contributed by atoms with van der Waals surface area (Å²) in [5, 5.41) is 8.84. The Kier molecular flexibility index (Phi) is 4.99. The number of halogens is 1. The summed E-state index contributed by atoms with van der Waals surface area (Å²) in [5.74, 6) is 1.37. The summed E-state index contributed by atoms with van der Waals surface area (Å²) in [6.45, 7) is 1.93. The summed E-state index contributed by atoms with van der Waals surface area (Å²) in [4.78, 5) is 17.3. The van der Waals surface area contributed by atoms with Crippen molar-refractivity contribution in [3.05, 3.63) is 77.3 Å². The van der Waals surface area contributed by atoms with Gasteiger partial charge in [-0.2, -0.15) is 0 Å². The number of fused-ring (bicyclic) bond motifs is 2. The van der Waals surface area contributed by atoms with E-state index >= 15 is 0 Å². The Hall–Kier alpha value is -4.30. The Morgan fingerprint density at radius 2 is 1.88 bits per heavy atom. The van der Waals surface area contributed by atoms with Crippen molar-refractivity contribution in [2.24, 2.45) is 10.7 Å². The van der Waals surface area contributed by atoms with Gasteiger partial charge in [0.25, 0.3) is 0 Å². The van der Waals surface area contributed by atoms with Crippen molar-refractivity contribution in [1.82, 2.24) is 19.5 Å². The number of pyridine rings is 2. The molecule has 0 saturated heterocycles. The number of nitrogen functional groups attached to an aromatic ring is 1. The van der Waals surface area contributed by atoms with Crippen LogP contribution in [0.2, 0.25) is 5.02 Å². The molecular weight excluding hydrogens is 436 g/mol. The van der Waals surface area contributed by atoms with Crippen molar-refractivity contribution < 1.29 is 0 Å². The molecule has 3 aromatic heterocycles. The first-order chi connectivity index (χ1) is 16.0. The quantitative estimate of drug-likeness (QED) is 0.272. The van der Waals surface area contributed by atoms with Crippen molar-refractivity contribution >= 4 is 51.5 Å². The van der Waals surface area contributed by atoms with Crippen molar-refractivity contribution in [3.8, 4) is 16.8 Å². The highest BCUT2D eigenvalue weighted by Crippen LogP contribution is 2.33. The predicted molar refractivity (Wildman–Crippen MR) is 133 cm³/mol. The van der Waals surface area contributed by atoms with Crippen LogP contribution in [0.15, 0.2) is 65.9 Å². The Morgan fingerprint density at radius 1 is 1.06 bits per heavy atom. The van der Waals surface area contributed by atoms with E-state index in [2.05, 4.69) is 15.0 Å². The van der Waals surface area contributed by atoms with Gasteiger partial charge in [-0.3, -0.25) is 15.0 Å². The molecule has 0 radical (unpaired) electrons. The second-order valence-electron chi connectivity index (χ2n) is 7.46. The molecule has 0 fully saturated rings. The molecule has 0 atom stereocenters. The molecular formula is C24H19ClN8. The second-order valence-corrected chi connectivity index (χ2v) is 7.87. The molecule has 33 heavy (non-hydrogen) atoms. The Bertz CT molecular complexity index is 1590. The highest BCUT2D eigenvalue weighted by atomic mass is 35.5. The molecule has 0 bridgehead atoms. The van der Waals surface area contributed by atoms with Crippen LogP contribution in [0.3, 0.4) is 0 Å². The van der Waals surface area contributed by atoms with Crippen LogP contribution in [0.5, 0.6) is 0 Å². The average molecular weight is 455 g/mol. The van der Waals surface area contributed by atoms with Gasteiger partial charge < -0.3 is 11.5 Å². The first-order valence-electron chi connectivity index (χ1n) is 10.1. The van der Waals surface area contributed by atoms with Crippen molar-refractivity contribution in [3.63, 3.8) is 0 Å². The maximum atomic E-state index is 7.37. The predicted octanol–water partition coefficient (Wildman–Crippen LogP) is 4.49. The molecule has 0 amide bonds. The van der Waals surface area contributed by atoms with Crippen LogP contribution in [-0.4, -0.2) is 31.7 Å². The molecule has 5 aromatic rings. The summed E-state index contributed by atoms with van der Waals surface area (Å²) >= 11 is 6.41. The van der Waals surface area contributed by atoms with Crippen molar-refractivity contribution in [1.29, 1.82) is 5.41 Å². The maximum absolute atomic E-state index is 7.37. The number of hydrogen-bond donors (Lipinski definition) is 3. The lowest BCUT2D eigenvalue weighted by Gasteiger charge is -2.13. The average Bonchev–Trinajstić information content (AvgIpc) is 3.14. The molecule has 8 nitrogen and oxygen atoms in total. The fraction of sp³-hybridized carbons (Fsp3) is 0.0417. The molecule has 0 saturated carbocycles. The topological polar surface area (TPSA) is 132 Å². The van der Waals surface area contributed by atoms with Gasteiger partial charge in [-0.25, -0.2) is 15.0 Å². The lowest BCUT2D eigenvalue weighted by atomic mass is 10.0. The van der Waals surface area contributed by atoms with Crippen LogP contribution < -0.4 is 11.5 Å². The summed E-state index contributed by atoms with van der Waals surface area (Å²) in [7, 11) is 0. The fourth-order valence-electron chi connectivity index (χ4n) is 4.05. The Morgan fingerprint density at radius 3 is 2.67 bits per heavy atom. The number of para-hydroxylation sites is 1. The Labute approximate surface area is 194 Å². The van der Waals surface area contributed by atoms with Crippen molar-refractivity contribution in [2.45, 2.75) is 6.92 Å². The number of anilines is 1. The molecule has 5 N–H and O–H groups in total. The van der Waals surface area contributed by atoms with E-state index in [0.717, 1.165) is 39.9 Å². The molecule has 5 rings (SSSR count). The summed E-state index contributed by atoms with van der Waals surface area (Å²) in [6.07, 6.45) is 4.30. The van der Waals surface area contributed by atoms with Gasteiger partial charge in [-0.1, -0.05) is 23.7 Å². The molecule has 0 aliphatic carbocycles. The van der Waals surface area contributed by atoms with Crippen LogP contribution in [0.4, 0.5) is 5.82 Å². The molecule has 9 heteroatoms. The smallest absolute Gasteiger partial charge is 0.134 e. The van der Waals surface area contributed by atoms with E-state index in [0.29, 0.717) is 27.4 Å². The second kappa shape index (κ2) is 7.99. The van der Waals surface area contributed by atoms with E-state index in [-0.39, 0.29) is 5.84 Å². The van der Waals surface area contributed by atoms with Crippen LogP contribution in [0.25, 0.3) is 38.8 Å². The molecule has 162 valence electrons. The molecule has 2 aromatic carbocycles. The van der Waals surface area contributed by atoms with Gasteiger partial charge >= 0.3 is 0 Å². The maximum Gasteiger partial charge on any atom is 0.134 e. The van der Waals surface area contributed by atoms with E-state index in [1.54, 1.807) is 18.5 Å². The monoisotopic (exact) mass is 454 g/mol. The molecule has 0 aliphatic rings. The standard InChI is InChI=1S/C24H19ClN8/c1-13-32-23-17(24(28)31-12-26)9-15(14-5-7-29-21(27)11-14)10-20(23)33(13)19-6-8-30-22-16(19)3-2-4-18(22)25/h2-12H,1H3,(H2,27,29)(H3,26,28,31). The third kappa shape index (κ3) is 3.46. The zero-order valence-electron chi connectivity index (χ0n) is 17.6. The number of aromatic nitrogens is 4. The Balaban J connectivity index is 1.89. The molecule has 0 aliphatic heterocycles. The number of rotatable bonds is 4. The summed E-state index contributed by atoms with van der Waals surface area (Å²) in [6, 6.07) is 15.2. The highest BCUT2D eigenvalue weighted by Gasteiger charge is 2.19. The van der Waals surface area contributed by atoms with Crippen LogP contribution in [-0.2, 0) is 0 Å². The van der Waals surface area contributed by atoms with E-state index in [9.17, 15) is 0 Å². The number of nitrogens with two attached hydrogens (primary N) is 2. The van der Waals surface area contributed by atoms with E-state index in [1.165, 1.54) is 0 Å². The SMILES string of the molecule is Cc1nc2c(C(N)=NC=N)cc(-c3ccnc(N)c3)cc2n1-c1ccnc2c(Cl)cccc12. The summed E-state index contributed by atoms with van der Waals surface area (Å²) in [5.41, 5.74) is 17.6. The first-order valence-corrected chi connectivity index (χ1v) is 10.5. The lowest BCUT2D eigenvalue weighted by molar-refractivity contribution is 1.01. The van der Waals surface area contributed by atoms with Crippen molar-refractivity contribution in [2.75, 3.05) is 5.73 Å². The number of nitrogens with zero attached hydrogens (tertiary/aromatic N) is 5. The van der Waals surface area contributed by atoms with E-state index in [4.69, 9.17) is 33.5 Å². The van der Waals surface area contributed by atoms with Gasteiger partial charge in [-0.05, 0) is 54.4 Å². The van der Waals surface area contributed by atoms with Gasteiger partial charge in [0, 0.05) is 23.3 Å². The van der Waals surface area contributed by atoms with Crippen LogP contribution in [0.1, 0.15) is 11.4 Å². The fourth-order valence-corrected chi connectivity index (χ4v) is 4.27. The van der Waals surface area contributed by atoms with Gasteiger partial charge in [0.2, 0.25) is 0 Å². The van der Waals surface area contributed by atoms with Crippen LogP contribution >= 0.6 is 11.6 Å². The largest absolute Gasteiger partial charge is 0.384 e. The minimum absolute atomic E-state index is 0.200. The van der Waals surface area contributed by atoms with Gasteiger partial charge in [0.05, 0.1) is 21.7 Å². The third-order valence-electron chi connectivity index (χ3n) is 5.46. The summed E-state index contributed by atoms with van der Waals surface area (Å²) < 4.78 is 2.05. The third-order valence-corrected chi connectivity index (χ3v) is 5.77. The zero-order valence-corrected chi connectivity index (χ0v) is 18.4. The zero-order chi connectivity index (χ0) is 23.1. The number of hydrogen-bond acceptors (Lipinski definition) is 5. The normalized spacial score (nSPS) is 11.9.